The molecule has 0 aliphatic heterocycles. The van der Waals surface area contributed by atoms with Gasteiger partial charge < -0.3 is 15.2 Å². The molecule has 0 saturated heterocycles. The van der Waals surface area contributed by atoms with Crippen LogP contribution in [-0.4, -0.2) is 35.6 Å². The molecule has 146 valence electrons. The van der Waals surface area contributed by atoms with E-state index in [9.17, 15) is 19.7 Å². The Bertz CT molecular complexity index is 904. The maximum absolute atomic E-state index is 12.6. The van der Waals surface area contributed by atoms with Crippen LogP contribution in [0.1, 0.15) is 45.5 Å². The standard InChI is InChI=1S/C20H20N2O6/c1-28-17-6-3-2-5-16(17)20(7-4-8-20)12-21-18(23)13-9-14(19(24)25)11-15(10-13)22(26)27/h2-3,5-6,9-11H,4,7-8,12H2,1H3,(H,21,23)(H,24,25). The molecule has 1 aliphatic carbocycles. The van der Waals surface area contributed by atoms with Gasteiger partial charge in [-0.2, -0.15) is 0 Å². The third-order valence-electron chi connectivity index (χ3n) is 5.21. The van der Waals surface area contributed by atoms with E-state index >= 15 is 0 Å². The summed E-state index contributed by atoms with van der Waals surface area (Å²) in [6, 6.07) is 10.8. The van der Waals surface area contributed by atoms with Crippen LogP contribution in [0.25, 0.3) is 0 Å². The van der Waals surface area contributed by atoms with Crippen LogP contribution in [-0.2, 0) is 5.41 Å². The van der Waals surface area contributed by atoms with E-state index in [1.165, 1.54) is 0 Å². The highest BCUT2D eigenvalue weighted by Gasteiger charge is 2.41. The average Bonchev–Trinajstić information content (AvgIpc) is 2.66. The molecule has 0 radical (unpaired) electrons. The topological polar surface area (TPSA) is 119 Å². The van der Waals surface area contributed by atoms with Crippen molar-refractivity contribution in [1.29, 1.82) is 0 Å². The van der Waals surface area contributed by atoms with Crippen LogP contribution in [0, 0.1) is 10.1 Å². The van der Waals surface area contributed by atoms with Crippen LogP contribution in [0.5, 0.6) is 5.75 Å². The summed E-state index contributed by atoms with van der Waals surface area (Å²) in [7, 11) is 1.60. The number of para-hydroxylation sites is 1. The van der Waals surface area contributed by atoms with Crippen LogP contribution in [0.15, 0.2) is 42.5 Å². The Morgan fingerprint density at radius 2 is 1.89 bits per heavy atom. The number of benzene rings is 2. The van der Waals surface area contributed by atoms with Gasteiger partial charge >= 0.3 is 5.97 Å². The second-order valence-corrected chi connectivity index (χ2v) is 6.85. The lowest BCUT2D eigenvalue weighted by Crippen LogP contribution is -2.45. The molecule has 2 N–H and O–H groups in total. The van der Waals surface area contributed by atoms with E-state index in [0.717, 1.165) is 48.8 Å². The molecule has 0 spiro atoms. The number of amides is 1. The molecule has 3 rings (SSSR count). The summed E-state index contributed by atoms with van der Waals surface area (Å²) in [5, 5.41) is 23.0. The first kappa shape index (κ1) is 19.3. The second-order valence-electron chi connectivity index (χ2n) is 6.85. The van der Waals surface area contributed by atoms with E-state index in [2.05, 4.69) is 5.32 Å². The number of methoxy groups -OCH3 is 1. The Hall–Kier alpha value is -3.42. The summed E-state index contributed by atoms with van der Waals surface area (Å²) in [6.45, 7) is 0.331. The molecule has 0 bridgehead atoms. The van der Waals surface area contributed by atoms with Crippen LogP contribution in [0.4, 0.5) is 5.69 Å². The van der Waals surface area contributed by atoms with E-state index < -0.39 is 22.5 Å². The zero-order valence-electron chi connectivity index (χ0n) is 15.3. The summed E-state index contributed by atoms with van der Waals surface area (Å²) in [5.41, 5.74) is -0.0514. The number of carbonyl (C=O) groups excluding carboxylic acids is 1. The van der Waals surface area contributed by atoms with Gasteiger partial charge in [0.05, 0.1) is 17.6 Å². The number of aromatic carboxylic acids is 1. The lowest BCUT2D eigenvalue weighted by Gasteiger charge is -2.43. The highest BCUT2D eigenvalue weighted by atomic mass is 16.6. The van der Waals surface area contributed by atoms with E-state index in [1.54, 1.807) is 7.11 Å². The first-order valence-electron chi connectivity index (χ1n) is 8.81. The fraction of sp³-hybridized carbons (Fsp3) is 0.300. The third-order valence-corrected chi connectivity index (χ3v) is 5.21. The fourth-order valence-corrected chi connectivity index (χ4v) is 3.55. The first-order chi connectivity index (χ1) is 13.4. The number of nitro benzene ring substituents is 1. The number of non-ortho nitro benzene ring substituents is 1. The maximum atomic E-state index is 12.6. The normalized spacial score (nSPS) is 14.6. The molecular formula is C20H20N2O6. The van der Waals surface area contributed by atoms with Gasteiger partial charge in [-0.15, -0.1) is 0 Å². The number of hydrogen-bond donors (Lipinski definition) is 2. The number of hydrogen-bond acceptors (Lipinski definition) is 5. The van der Waals surface area contributed by atoms with Gasteiger partial charge in [-0.1, -0.05) is 24.6 Å². The van der Waals surface area contributed by atoms with Gasteiger partial charge in [-0.3, -0.25) is 14.9 Å². The number of carboxylic acids is 1. The van der Waals surface area contributed by atoms with Crippen LogP contribution in [0.3, 0.4) is 0 Å². The monoisotopic (exact) mass is 384 g/mol. The van der Waals surface area contributed by atoms with E-state index in [0.29, 0.717) is 6.54 Å². The third kappa shape index (κ3) is 3.66. The van der Waals surface area contributed by atoms with Crippen molar-refractivity contribution in [3.63, 3.8) is 0 Å². The summed E-state index contributed by atoms with van der Waals surface area (Å²) in [4.78, 5) is 34.1. The molecule has 2 aromatic carbocycles. The van der Waals surface area contributed by atoms with Crippen molar-refractivity contribution in [3.8, 4) is 5.75 Å². The Labute approximate surface area is 161 Å². The van der Waals surface area contributed by atoms with E-state index in [4.69, 9.17) is 9.84 Å². The van der Waals surface area contributed by atoms with Crippen molar-refractivity contribution in [2.75, 3.05) is 13.7 Å². The molecule has 8 nitrogen and oxygen atoms in total. The number of nitrogens with zero attached hydrogens (tertiary/aromatic N) is 1. The minimum absolute atomic E-state index is 0.0545. The quantitative estimate of drug-likeness (QED) is 0.559. The van der Waals surface area contributed by atoms with Gasteiger partial charge in [0, 0.05) is 35.2 Å². The Kier molecular flexibility index (Phi) is 5.30. The van der Waals surface area contributed by atoms with Crippen molar-refractivity contribution in [2.45, 2.75) is 24.7 Å². The highest BCUT2D eigenvalue weighted by Crippen LogP contribution is 2.46. The summed E-state index contributed by atoms with van der Waals surface area (Å²) in [5.74, 6) is -1.13. The number of carboxylic acid groups (broad SMARTS) is 1. The lowest BCUT2D eigenvalue weighted by molar-refractivity contribution is -0.384. The Morgan fingerprint density at radius 3 is 2.46 bits per heavy atom. The first-order valence-corrected chi connectivity index (χ1v) is 8.81. The maximum Gasteiger partial charge on any atom is 0.335 e. The number of ether oxygens (including phenoxy) is 1. The number of rotatable bonds is 7. The molecule has 8 heteroatoms. The Morgan fingerprint density at radius 1 is 1.21 bits per heavy atom. The molecule has 2 aromatic rings. The molecule has 0 aromatic heterocycles. The zero-order valence-corrected chi connectivity index (χ0v) is 15.3. The number of nitro groups is 1. The number of carbonyl (C=O) groups is 2. The van der Waals surface area contributed by atoms with Crippen molar-refractivity contribution in [3.05, 3.63) is 69.3 Å². The average molecular weight is 384 g/mol. The van der Waals surface area contributed by atoms with Crippen molar-refractivity contribution in [2.24, 2.45) is 0 Å². The molecule has 1 fully saturated rings. The van der Waals surface area contributed by atoms with E-state index in [1.807, 2.05) is 24.3 Å². The van der Waals surface area contributed by atoms with Gasteiger partial charge in [-0.25, -0.2) is 4.79 Å². The fourth-order valence-electron chi connectivity index (χ4n) is 3.55. The lowest BCUT2D eigenvalue weighted by atomic mass is 9.64. The molecule has 1 saturated carbocycles. The van der Waals surface area contributed by atoms with Crippen LogP contribution < -0.4 is 10.1 Å². The van der Waals surface area contributed by atoms with Crippen molar-refractivity contribution < 1.29 is 24.4 Å². The van der Waals surface area contributed by atoms with Gasteiger partial charge in [0.1, 0.15) is 5.75 Å². The zero-order chi connectivity index (χ0) is 20.3. The number of nitrogens with one attached hydrogen (secondary N) is 1. The minimum atomic E-state index is -1.33. The largest absolute Gasteiger partial charge is 0.496 e. The van der Waals surface area contributed by atoms with Gasteiger partial charge in [0.15, 0.2) is 0 Å². The predicted octanol–water partition coefficient (Wildman–Crippen LogP) is 3.15. The molecule has 1 amide bonds. The predicted molar refractivity (Wildman–Crippen MR) is 101 cm³/mol. The highest BCUT2D eigenvalue weighted by molar-refractivity contribution is 5.98. The molecular weight excluding hydrogens is 364 g/mol. The molecule has 0 atom stereocenters. The Balaban J connectivity index is 1.83. The van der Waals surface area contributed by atoms with Crippen LogP contribution in [0.2, 0.25) is 0 Å². The van der Waals surface area contributed by atoms with Gasteiger partial charge in [-0.05, 0) is 25.0 Å². The van der Waals surface area contributed by atoms with Crippen molar-refractivity contribution >= 4 is 17.6 Å². The van der Waals surface area contributed by atoms with E-state index in [-0.39, 0.29) is 16.5 Å². The van der Waals surface area contributed by atoms with Gasteiger partial charge in [0.2, 0.25) is 0 Å². The SMILES string of the molecule is COc1ccccc1C1(CNC(=O)c2cc(C(=O)O)cc([N+](=O)[O-])c2)CCC1. The molecule has 1 aliphatic rings. The summed E-state index contributed by atoms with van der Waals surface area (Å²) < 4.78 is 5.45. The van der Waals surface area contributed by atoms with Crippen molar-refractivity contribution in [1.82, 2.24) is 5.32 Å². The van der Waals surface area contributed by atoms with Crippen LogP contribution >= 0.6 is 0 Å². The molecule has 28 heavy (non-hydrogen) atoms. The second kappa shape index (κ2) is 7.67. The molecule has 0 heterocycles. The smallest absolute Gasteiger partial charge is 0.335 e. The molecule has 0 unspecified atom stereocenters. The summed E-state index contributed by atoms with van der Waals surface area (Å²) >= 11 is 0. The minimum Gasteiger partial charge on any atom is -0.496 e. The summed E-state index contributed by atoms with van der Waals surface area (Å²) in [6.07, 6.45) is 2.78. The van der Waals surface area contributed by atoms with Gasteiger partial charge in [0.25, 0.3) is 11.6 Å².